The molecule has 0 bridgehead atoms. The first-order valence-corrected chi connectivity index (χ1v) is 5.37. The molecule has 1 aliphatic rings. The molecule has 1 rings (SSSR count). The second-order valence-corrected chi connectivity index (χ2v) is 4.23. The molecule has 1 saturated heterocycles. The Balaban J connectivity index is 2.05. The quantitative estimate of drug-likeness (QED) is 0.780. The largest absolute Gasteiger partial charge is 0.389 e. The van der Waals surface area contributed by atoms with Gasteiger partial charge in [0, 0.05) is 25.7 Å². The molecule has 0 aromatic rings. The van der Waals surface area contributed by atoms with Gasteiger partial charge >= 0.3 is 6.18 Å². The van der Waals surface area contributed by atoms with Crippen LogP contribution in [-0.4, -0.2) is 25.4 Å². The van der Waals surface area contributed by atoms with E-state index >= 15 is 0 Å². The molecule has 2 nitrogen and oxygen atoms in total. The molecule has 2 N–H and O–H groups in total. The van der Waals surface area contributed by atoms with Gasteiger partial charge in [0.05, 0.1) is 0 Å². The van der Waals surface area contributed by atoms with E-state index in [0.29, 0.717) is 18.9 Å². The zero-order valence-electron chi connectivity index (χ0n) is 8.72. The van der Waals surface area contributed by atoms with Gasteiger partial charge in [-0.05, 0) is 31.6 Å². The molecule has 2 unspecified atom stereocenters. The van der Waals surface area contributed by atoms with Gasteiger partial charge in [0.1, 0.15) is 0 Å². The molecule has 0 spiro atoms. The van der Waals surface area contributed by atoms with Crippen LogP contribution in [0.5, 0.6) is 0 Å². The molecule has 15 heavy (non-hydrogen) atoms. The van der Waals surface area contributed by atoms with E-state index < -0.39 is 12.6 Å². The van der Waals surface area contributed by atoms with Crippen LogP contribution in [0.1, 0.15) is 32.1 Å². The van der Waals surface area contributed by atoms with Gasteiger partial charge in [-0.15, -0.1) is 0 Å². The van der Waals surface area contributed by atoms with E-state index in [2.05, 4.69) is 0 Å². The van der Waals surface area contributed by atoms with E-state index in [1.807, 2.05) is 0 Å². The van der Waals surface area contributed by atoms with Crippen LogP contribution < -0.4 is 5.73 Å². The van der Waals surface area contributed by atoms with Gasteiger partial charge in [0.2, 0.25) is 0 Å². The Bertz CT molecular complexity index is 178. The minimum absolute atomic E-state index is 0.112. The molecule has 0 aliphatic carbocycles. The lowest BCUT2D eigenvalue weighted by molar-refractivity contribution is -0.135. The summed E-state index contributed by atoms with van der Waals surface area (Å²) in [5.74, 6) is 0.450. The third-order valence-corrected chi connectivity index (χ3v) is 2.70. The number of halogens is 3. The van der Waals surface area contributed by atoms with Crippen LogP contribution in [0.15, 0.2) is 0 Å². The van der Waals surface area contributed by atoms with Gasteiger partial charge in [-0.2, -0.15) is 13.2 Å². The zero-order chi connectivity index (χ0) is 11.3. The van der Waals surface area contributed by atoms with Crippen molar-refractivity contribution in [2.75, 3.05) is 13.2 Å². The fourth-order valence-corrected chi connectivity index (χ4v) is 1.88. The van der Waals surface area contributed by atoms with E-state index in [9.17, 15) is 13.2 Å². The van der Waals surface area contributed by atoms with Crippen molar-refractivity contribution in [3.05, 3.63) is 0 Å². The summed E-state index contributed by atoms with van der Waals surface area (Å²) in [5, 5.41) is 0. The summed E-state index contributed by atoms with van der Waals surface area (Å²) in [7, 11) is 0. The molecule has 1 heterocycles. The second-order valence-electron chi connectivity index (χ2n) is 4.23. The van der Waals surface area contributed by atoms with Crippen LogP contribution >= 0.6 is 0 Å². The van der Waals surface area contributed by atoms with Gasteiger partial charge in [-0.1, -0.05) is 0 Å². The number of alkyl halides is 3. The van der Waals surface area contributed by atoms with Crippen LogP contribution in [-0.2, 0) is 4.74 Å². The Morgan fingerprint density at radius 2 is 2.13 bits per heavy atom. The summed E-state index contributed by atoms with van der Waals surface area (Å²) >= 11 is 0. The molecular formula is C10H18F3NO. The van der Waals surface area contributed by atoms with Crippen LogP contribution in [0.4, 0.5) is 13.2 Å². The van der Waals surface area contributed by atoms with E-state index in [-0.39, 0.29) is 12.5 Å². The SMILES string of the molecule is NC(CCCC(F)(F)F)CC1CCOC1. The minimum atomic E-state index is -4.05. The van der Waals surface area contributed by atoms with Crippen molar-refractivity contribution >= 4 is 0 Å². The average molecular weight is 225 g/mol. The van der Waals surface area contributed by atoms with E-state index in [4.69, 9.17) is 10.5 Å². The summed E-state index contributed by atoms with van der Waals surface area (Å²) in [6.07, 6.45) is -2.39. The first-order valence-electron chi connectivity index (χ1n) is 5.37. The van der Waals surface area contributed by atoms with Gasteiger partial charge in [-0.3, -0.25) is 0 Å². The maximum absolute atomic E-state index is 11.9. The van der Waals surface area contributed by atoms with Crippen molar-refractivity contribution in [2.24, 2.45) is 11.7 Å². The van der Waals surface area contributed by atoms with Crippen molar-refractivity contribution in [1.29, 1.82) is 0 Å². The fraction of sp³-hybridized carbons (Fsp3) is 1.00. The molecule has 1 aliphatic heterocycles. The maximum atomic E-state index is 11.9. The molecule has 1 fully saturated rings. The summed E-state index contributed by atoms with van der Waals surface area (Å²) in [6.45, 7) is 1.48. The van der Waals surface area contributed by atoms with Crippen molar-refractivity contribution in [2.45, 2.75) is 44.3 Å². The van der Waals surface area contributed by atoms with Crippen LogP contribution in [0.25, 0.3) is 0 Å². The predicted octanol–water partition coefficient (Wildman–Crippen LogP) is 2.47. The Hall–Kier alpha value is -0.290. The number of hydrogen-bond donors (Lipinski definition) is 1. The third kappa shape index (κ3) is 5.99. The van der Waals surface area contributed by atoms with Gasteiger partial charge < -0.3 is 10.5 Å². The van der Waals surface area contributed by atoms with Gasteiger partial charge in [-0.25, -0.2) is 0 Å². The zero-order valence-corrected chi connectivity index (χ0v) is 8.72. The average Bonchev–Trinajstić information content (AvgIpc) is 2.54. The predicted molar refractivity (Wildman–Crippen MR) is 51.4 cm³/mol. The number of nitrogens with two attached hydrogens (primary N) is 1. The molecule has 0 radical (unpaired) electrons. The van der Waals surface area contributed by atoms with Crippen LogP contribution in [0, 0.1) is 5.92 Å². The lowest BCUT2D eigenvalue weighted by atomic mass is 9.96. The van der Waals surface area contributed by atoms with E-state index in [1.54, 1.807) is 0 Å². The lowest BCUT2D eigenvalue weighted by Gasteiger charge is -2.15. The highest BCUT2D eigenvalue weighted by molar-refractivity contribution is 4.72. The van der Waals surface area contributed by atoms with Crippen molar-refractivity contribution in [1.82, 2.24) is 0 Å². The standard InChI is InChI=1S/C10H18F3NO/c11-10(12,13)4-1-2-9(14)6-8-3-5-15-7-8/h8-9H,1-7,14H2. The molecule has 0 amide bonds. The molecule has 0 aromatic heterocycles. The Morgan fingerprint density at radius 3 is 2.67 bits per heavy atom. The Labute approximate surface area is 88.0 Å². The van der Waals surface area contributed by atoms with E-state index in [1.165, 1.54) is 0 Å². The fourth-order valence-electron chi connectivity index (χ4n) is 1.88. The highest BCUT2D eigenvalue weighted by Gasteiger charge is 2.27. The molecule has 90 valence electrons. The minimum Gasteiger partial charge on any atom is -0.381 e. The lowest BCUT2D eigenvalue weighted by Crippen LogP contribution is -2.24. The summed E-state index contributed by atoms with van der Waals surface area (Å²) in [6, 6.07) is -0.112. The summed E-state index contributed by atoms with van der Waals surface area (Å²) in [5.41, 5.74) is 5.76. The number of hydrogen-bond acceptors (Lipinski definition) is 2. The maximum Gasteiger partial charge on any atom is 0.389 e. The molecule has 2 atom stereocenters. The van der Waals surface area contributed by atoms with Gasteiger partial charge in [0.25, 0.3) is 0 Å². The smallest absolute Gasteiger partial charge is 0.381 e. The second kappa shape index (κ2) is 5.70. The number of rotatable bonds is 5. The first-order chi connectivity index (χ1) is 6.97. The van der Waals surface area contributed by atoms with Gasteiger partial charge in [0.15, 0.2) is 0 Å². The third-order valence-electron chi connectivity index (χ3n) is 2.70. The monoisotopic (exact) mass is 225 g/mol. The Kier molecular flexibility index (Phi) is 4.86. The summed E-state index contributed by atoms with van der Waals surface area (Å²) in [4.78, 5) is 0. The van der Waals surface area contributed by atoms with Crippen molar-refractivity contribution in [3.8, 4) is 0 Å². The normalized spacial score (nSPS) is 24.4. The molecule has 0 saturated carbocycles. The summed E-state index contributed by atoms with van der Waals surface area (Å²) < 4.78 is 40.7. The molecule has 5 heteroatoms. The van der Waals surface area contributed by atoms with Crippen molar-refractivity contribution < 1.29 is 17.9 Å². The molecular weight excluding hydrogens is 207 g/mol. The number of ether oxygens (including phenoxy) is 1. The topological polar surface area (TPSA) is 35.2 Å². The van der Waals surface area contributed by atoms with Crippen LogP contribution in [0.3, 0.4) is 0 Å². The molecule has 0 aromatic carbocycles. The Morgan fingerprint density at radius 1 is 1.40 bits per heavy atom. The van der Waals surface area contributed by atoms with Crippen molar-refractivity contribution in [3.63, 3.8) is 0 Å². The first kappa shape index (κ1) is 12.8. The highest BCUT2D eigenvalue weighted by Crippen LogP contribution is 2.24. The van der Waals surface area contributed by atoms with Crippen LogP contribution in [0.2, 0.25) is 0 Å². The van der Waals surface area contributed by atoms with E-state index in [0.717, 1.165) is 19.4 Å². The highest BCUT2D eigenvalue weighted by atomic mass is 19.4.